The Morgan fingerprint density at radius 3 is 1.26 bits per heavy atom. The van der Waals surface area contributed by atoms with Crippen molar-refractivity contribution in [3.05, 3.63) is 176 Å². The normalized spacial score (nSPS) is 12.8. The number of rotatable bonds is 3. The summed E-state index contributed by atoms with van der Waals surface area (Å²) in [4.78, 5) is 0. The summed E-state index contributed by atoms with van der Waals surface area (Å²) >= 11 is 0. The van der Waals surface area contributed by atoms with E-state index in [-0.39, 0.29) is 6.71 Å². The maximum atomic E-state index is 7.02. The van der Waals surface area contributed by atoms with E-state index in [0.29, 0.717) is 0 Å². The molecule has 2 aliphatic heterocycles. The molecular weight excluding hydrogens is 647 g/mol. The molecule has 2 aliphatic rings. The maximum Gasteiger partial charge on any atom is 0.260 e. The lowest BCUT2D eigenvalue weighted by atomic mass is 9.34. The van der Waals surface area contributed by atoms with Crippen molar-refractivity contribution in [2.75, 3.05) is 0 Å². The van der Waals surface area contributed by atoms with Gasteiger partial charge in [-0.3, -0.25) is 0 Å². The second-order valence-corrected chi connectivity index (χ2v) is 14.1. The second kappa shape index (κ2) is 10.8. The van der Waals surface area contributed by atoms with E-state index >= 15 is 0 Å². The Bertz CT molecular complexity index is 2920. The zero-order valence-corrected chi connectivity index (χ0v) is 28.5. The fraction of sp³-hybridized carbons (Fsp3) is 0. The molecule has 2 aromatic heterocycles. The molecule has 10 aromatic rings. The van der Waals surface area contributed by atoms with Gasteiger partial charge in [-0.1, -0.05) is 115 Å². The van der Waals surface area contributed by atoms with E-state index in [1.54, 1.807) is 0 Å². The van der Waals surface area contributed by atoms with Crippen LogP contribution < -0.4 is 25.9 Å². The minimum absolute atomic E-state index is 0.0937. The van der Waals surface area contributed by atoms with Crippen molar-refractivity contribution in [2.24, 2.45) is 0 Å². The summed E-state index contributed by atoms with van der Waals surface area (Å²) < 4.78 is 18.8. The Balaban J connectivity index is 1.17. The van der Waals surface area contributed by atoms with E-state index in [4.69, 9.17) is 9.47 Å². The largest absolute Gasteiger partial charge is 0.458 e. The third-order valence-corrected chi connectivity index (χ3v) is 11.2. The summed E-state index contributed by atoms with van der Waals surface area (Å²) in [6, 6.07) is 62.8. The molecule has 0 fully saturated rings. The number of ether oxygens (including phenoxy) is 2. The van der Waals surface area contributed by atoms with Crippen LogP contribution in [-0.2, 0) is 0 Å². The first-order chi connectivity index (χ1) is 26.3. The minimum Gasteiger partial charge on any atom is -0.458 e. The third kappa shape index (κ3) is 4.07. The van der Waals surface area contributed by atoms with Crippen LogP contribution in [0.1, 0.15) is 0 Å². The van der Waals surface area contributed by atoms with Gasteiger partial charge in [0.25, 0.3) is 6.71 Å². The summed E-state index contributed by atoms with van der Waals surface area (Å²) in [5, 5.41) is 4.83. The van der Waals surface area contributed by atoms with Crippen LogP contribution in [0.15, 0.2) is 176 Å². The molecule has 0 atom stereocenters. The number of hydrogen-bond donors (Lipinski definition) is 0. The molecule has 53 heavy (non-hydrogen) atoms. The molecule has 0 saturated carbocycles. The highest BCUT2D eigenvalue weighted by molar-refractivity contribution is 6.98. The first kappa shape index (κ1) is 28.7. The van der Waals surface area contributed by atoms with Gasteiger partial charge in [-0.15, -0.1) is 0 Å². The molecule has 5 heteroatoms. The monoisotopic (exact) mass is 676 g/mol. The maximum absolute atomic E-state index is 7.02. The molecule has 0 radical (unpaired) electrons. The van der Waals surface area contributed by atoms with E-state index in [2.05, 4.69) is 185 Å². The lowest BCUT2D eigenvalue weighted by Crippen LogP contribution is -2.57. The van der Waals surface area contributed by atoms with Gasteiger partial charge in [0.05, 0.1) is 22.1 Å². The highest BCUT2D eigenvalue weighted by Gasteiger charge is 2.41. The van der Waals surface area contributed by atoms with E-state index in [1.807, 2.05) is 0 Å². The molecule has 246 valence electrons. The third-order valence-electron chi connectivity index (χ3n) is 11.2. The van der Waals surface area contributed by atoms with E-state index < -0.39 is 0 Å². The first-order valence-corrected chi connectivity index (χ1v) is 18.1. The van der Waals surface area contributed by atoms with Crippen molar-refractivity contribution in [3.8, 4) is 45.5 Å². The van der Waals surface area contributed by atoms with Crippen LogP contribution in [-0.4, -0.2) is 15.8 Å². The molecule has 0 unspecified atom stereocenters. The van der Waals surface area contributed by atoms with Crippen LogP contribution in [0.5, 0.6) is 23.0 Å². The number of para-hydroxylation sites is 4. The number of nitrogens with zero attached hydrogens (tertiary/aromatic N) is 2. The number of benzene rings is 8. The van der Waals surface area contributed by atoms with Crippen LogP contribution in [0.2, 0.25) is 0 Å². The van der Waals surface area contributed by atoms with Gasteiger partial charge >= 0.3 is 0 Å². The smallest absolute Gasteiger partial charge is 0.260 e. The van der Waals surface area contributed by atoms with Gasteiger partial charge in [0.1, 0.15) is 23.0 Å². The molecule has 12 rings (SSSR count). The summed E-state index contributed by atoms with van der Waals surface area (Å²) in [5.41, 5.74) is 12.4. The average Bonchev–Trinajstić information content (AvgIpc) is 3.71. The van der Waals surface area contributed by atoms with Crippen molar-refractivity contribution in [1.29, 1.82) is 0 Å². The molecule has 0 amide bonds. The summed E-state index contributed by atoms with van der Waals surface area (Å²) in [6.45, 7) is -0.0937. The van der Waals surface area contributed by atoms with Gasteiger partial charge in [-0.05, 0) is 70.6 Å². The van der Waals surface area contributed by atoms with Crippen molar-refractivity contribution >= 4 is 66.7 Å². The van der Waals surface area contributed by atoms with Crippen molar-refractivity contribution in [2.45, 2.75) is 0 Å². The number of fused-ring (bicyclic) bond motifs is 10. The summed E-state index contributed by atoms with van der Waals surface area (Å²) in [6.07, 6.45) is 0. The topological polar surface area (TPSA) is 28.3 Å². The van der Waals surface area contributed by atoms with Crippen molar-refractivity contribution in [3.63, 3.8) is 0 Å². The lowest BCUT2D eigenvalue weighted by Gasteiger charge is -2.33. The Morgan fingerprint density at radius 1 is 0.340 bits per heavy atom. The Hall–Kier alpha value is -6.98. The molecule has 0 spiro atoms. The minimum atomic E-state index is -0.0937. The van der Waals surface area contributed by atoms with Crippen LogP contribution >= 0.6 is 0 Å². The van der Waals surface area contributed by atoms with Crippen molar-refractivity contribution < 1.29 is 9.47 Å². The van der Waals surface area contributed by atoms with Gasteiger partial charge < -0.3 is 18.6 Å². The molecule has 4 nitrogen and oxygen atoms in total. The molecule has 0 N–H and O–H groups in total. The Labute approximate surface area is 305 Å². The van der Waals surface area contributed by atoms with Crippen LogP contribution in [0.25, 0.3) is 66.1 Å². The van der Waals surface area contributed by atoms with Gasteiger partial charge in [0.2, 0.25) is 0 Å². The zero-order valence-electron chi connectivity index (χ0n) is 28.5. The van der Waals surface area contributed by atoms with E-state index in [1.165, 1.54) is 32.6 Å². The molecular formula is C48H29BN2O2. The Morgan fingerprint density at radius 2 is 0.774 bits per heavy atom. The molecule has 0 bridgehead atoms. The predicted octanol–water partition coefficient (Wildman–Crippen LogP) is 10.3. The Kier molecular flexibility index (Phi) is 5.83. The van der Waals surface area contributed by atoms with Crippen LogP contribution in [0.3, 0.4) is 0 Å². The second-order valence-electron chi connectivity index (χ2n) is 14.1. The van der Waals surface area contributed by atoms with E-state index in [9.17, 15) is 0 Å². The molecule has 8 aromatic carbocycles. The van der Waals surface area contributed by atoms with Gasteiger partial charge in [-0.2, -0.15) is 0 Å². The van der Waals surface area contributed by atoms with Crippen LogP contribution in [0.4, 0.5) is 0 Å². The highest BCUT2D eigenvalue weighted by Crippen LogP contribution is 2.43. The van der Waals surface area contributed by atoms with Crippen molar-refractivity contribution in [1.82, 2.24) is 9.13 Å². The molecule has 0 aliphatic carbocycles. The predicted molar refractivity (Wildman–Crippen MR) is 218 cm³/mol. The zero-order chi connectivity index (χ0) is 34.6. The lowest BCUT2D eigenvalue weighted by molar-refractivity contribution is 0.465. The molecule has 0 saturated heterocycles. The fourth-order valence-corrected chi connectivity index (χ4v) is 8.93. The standard InChI is InChI=1S/C48H29BN2O2/c1-4-14-30(15-5-1)31-24-46-48-47(25-31)53-45-29-43-37(35-21-11-13-23-41(35)51(43)33-18-8-3-9-19-33)27-39(45)49(48)38-26-36-34-20-10-12-22-40(34)50(32-16-6-2-7-17-32)42(36)28-44(38)52-46/h1-29H. The van der Waals surface area contributed by atoms with Gasteiger partial charge in [-0.25, -0.2) is 0 Å². The summed E-state index contributed by atoms with van der Waals surface area (Å²) in [5.74, 6) is 3.40. The van der Waals surface area contributed by atoms with Crippen LogP contribution in [0, 0.1) is 0 Å². The average molecular weight is 677 g/mol. The molecule has 4 heterocycles. The summed E-state index contributed by atoms with van der Waals surface area (Å²) in [7, 11) is 0. The highest BCUT2D eigenvalue weighted by atomic mass is 16.5. The quantitative estimate of drug-likeness (QED) is 0.174. The van der Waals surface area contributed by atoms with Gasteiger partial charge in [0, 0.05) is 50.5 Å². The van der Waals surface area contributed by atoms with E-state index in [0.717, 1.165) is 72.9 Å². The fourth-order valence-electron chi connectivity index (χ4n) is 8.93. The SMILES string of the molecule is c1ccc(-c2cc3c4c(c2)Oc2cc5c(cc2B4c2cc4c6ccccc6n(-c6ccccc6)c4cc2O3)c2ccccc2n5-c2ccccc2)cc1. The number of hydrogen-bond acceptors (Lipinski definition) is 2. The number of aromatic nitrogens is 2. The first-order valence-electron chi connectivity index (χ1n) is 18.1. The van der Waals surface area contributed by atoms with Gasteiger partial charge in [0.15, 0.2) is 0 Å².